The highest BCUT2D eigenvalue weighted by Crippen LogP contribution is 2.69. The van der Waals surface area contributed by atoms with Gasteiger partial charge in [0.15, 0.2) is 17.0 Å². The van der Waals surface area contributed by atoms with Gasteiger partial charge in [0.05, 0.1) is 17.8 Å². The summed E-state index contributed by atoms with van der Waals surface area (Å²) in [4.78, 5) is 13.6. The van der Waals surface area contributed by atoms with Crippen LogP contribution < -0.4 is 4.74 Å². The highest BCUT2D eigenvalue weighted by Gasteiger charge is 2.80. The minimum atomic E-state index is -1.28. The summed E-state index contributed by atoms with van der Waals surface area (Å²) in [6, 6.07) is 4.90. The number of Topliss-reactive ketones (excluding diaryl/α,β-unsaturated/α-hetero) is 1. The summed E-state index contributed by atoms with van der Waals surface area (Å²) in [6.07, 6.45) is 3.44. The number of carbonyl (C=O) groups excluding carboxylic acids is 1. The number of ketones is 1. The molecule has 3 aliphatic carbocycles. The van der Waals surface area contributed by atoms with Crippen molar-refractivity contribution in [2.24, 2.45) is 11.8 Å². The smallest absolute Gasteiger partial charge is 0.176 e. The SMILES string of the molecule is C/C(=C\CC12OC(C)(C)C3CC(C=C4C(O)c5c(O)cccc5OC431)C2=O)CO. The number of hydrogen-bond acceptors (Lipinski definition) is 6. The van der Waals surface area contributed by atoms with Gasteiger partial charge < -0.3 is 24.8 Å². The van der Waals surface area contributed by atoms with Gasteiger partial charge in [0.25, 0.3) is 0 Å². The highest BCUT2D eigenvalue weighted by molar-refractivity contribution is 5.97. The van der Waals surface area contributed by atoms with Crippen LogP contribution in [0.2, 0.25) is 0 Å². The van der Waals surface area contributed by atoms with Crippen molar-refractivity contribution in [3.8, 4) is 11.5 Å². The highest BCUT2D eigenvalue weighted by atomic mass is 16.6. The van der Waals surface area contributed by atoms with E-state index in [0.717, 1.165) is 5.57 Å². The maximum atomic E-state index is 13.6. The third kappa shape index (κ3) is 2.09. The van der Waals surface area contributed by atoms with Gasteiger partial charge in [-0.2, -0.15) is 0 Å². The summed E-state index contributed by atoms with van der Waals surface area (Å²) < 4.78 is 13.1. The quantitative estimate of drug-likeness (QED) is 0.678. The van der Waals surface area contributed by atoms with Crippen LogP contribution in [0.5, 0.6) is 11.5 Å². The second-order valence-electron chi connectivity index (χ2n) is 9.26. The third-order valence-corrected chi connectivity index (χ3v) is 7.27. The second-order valence-corrected chi connectivity index (χ2v) is 9.26. The molecule has 2 aliphatic heterocycles. The fourth-order valence-corrected chi connectivity index (χ4v) is 6.04. The molecular weight excluding hydrogens is 372 g/mol. The van der Waals surface area contributed by atoms with E-state index in [1.807, 2.05) is 26.0 Å². The molecule has 5 aliphatic rings. The van der Waals surface area contributed by atoms with E-state index in [2.05, 4.69) is 0 Å². The average Bonchev–Trinajstić information content (AvgIpc) is 2.83. The lowest BCUT2D eigenvalue weighted by Crippen LogP contribution is -2.71. The van der Waals surface area contributed by atoms with E-state index in [4.69, 9.17) is 9.47 Å². The van der Waals surface area contributed by atoms with Gasteiger partial charge in [0.2, 0.25) is 0 Å². The molecule has 6 rings (SSSR count). The lowest BCUT2D eigenvalue weighted by Gasteiger charge is -2.57. The van der Waals surface area contributed by atoms with Gasteiger partial charge in [0.1, 0.15) is 17.6 Å². The fraction of sp³-hybridized carbons (Fsp3) is 0.522. The number of benzene rings is 1. The first-order valence-corrected chi connectivity index (χ1v) is 10.1. The van der Waals surface area contributed by atoms with Crippen molar-refractivity contribution < 1.29 is 29.6 Å². The van der Waals surface area contributed by atoms with Crippen molar-refractivity contribution >= 4 is 5.78 Å². The van der Waals surface area contributed by atoms with Gasteiger partial charge in [-0.05, 0) is 39.3 Å². The zero-order chi connectivity index (χ0) is 20.8. The first-order valence-electron chi connectivity index (χ1n) is 10.1. The first kappa shape index (κ1) is 18.9. The number of aliphatic hydroxyl groups is 2. The van der Waals surface area contributed by atoms with Crippen LogP contribution in [0.1, 0.15) is 45.3 Å². The molecule has 0 amide bonds. The number of aliphatic hydroxyl groups excluding tert-OH is 2. The zero-order valence-electron chi connectivity index (χ0n) is 16.8. The molecule has 2 heterocycles. The maximum Gasteiger partial charge on any atom is 0.176 e. The summed E-state index contributed by atoms with van der Waals surface area (Å²) in [7, 11) is 0. The van der Waals surface area contributed by atoms with Crippen LogP contribution in [0.15, 0.2) is 41.5 Å². The number of phenols is 1. The Bertz CT molecular complexity index is 976. The summed E-state index contributed by atoms with van der Waals surface area (Å²) in [6.45, 7) is 5.64. The van der Waals surface area contributed by atoms with Gasteiger partial charge in [0, 0.05) is 23.8 Å². The molecule has 29 heavy (non-hydrogen) atoms. The average molecular weight is 398 g/mol. The third-order valence-electron chi connectivity index (χ3n) is 7.27. The number of hydrogen-bond donors (Lipinski definition) is 3. The van der Waals surface area contributed by atoms with Crippen molar-refractivity contribution in [1.82, 2.24) is 0 Å². The molecule has 154 valence electrons. The number of aromatic hydroxyl groups is 1. The monoisotopic (exact) mass is 398 g/mol. The minimum absolute atomic E-state index is 0.0314. The molecule has 1 aromatic carbocycles. The standard InChI is InChI=1S/C23H26O6/c1-12(11-24)7-8-22-20(27)13-9-14-19(26)18-15(25)5-4-6-16(18)28-23(14,22)17(10-13)21(2,3)29-22/h4-7,9,13,17,19,24-26H,8,10-11H2,1-3H3/b12-7+. The van der Waals surface area contributed by atoms with Crippen molar-refractivity contribution in [3.05, 3.63) is 47.1 Å². The van der Waals surface area contributed by atoms with Crippen LogP contribution in [0, 0.1) is 11.8 Å². The van der Waals surface area contributed by atoms with E-state index >= 15 is 0 Å². The van der Waals surface area contributed by atoms with Gasteiger partial charge >= 0.3 is 0 Å². The lowest BCUT2D eigenvalue weighted by molar-refractivity contribution is -0.175. The molecule has 3 N–H and O–H groups in total. The predicted molar refractivity (Wildman–Crippen MR) is 104 cm³/mol. The maximum absolute atomic E-state index is 13.6. The number of phenolic OH excluding ortho intramolecular Hbond substituents is 1. The van der Waals surface area contributed by atoms with Crippen molar-refractivity contribution in [1.29, 1.82) is 0 Å². The Morgan fingerprint density at radius 2 is 2.10 bits per heavy atom. The van der Waals surface area contributed by atoms with Crippen molar-refractivity contribution in [3.63, 3.8) is 0 Å². The molecule has 5 unspecified atom stereocenters. The molecule has 5 atom stereocenters. The number of carbonyl (C=O) groups is 1. The van der Waals surface area contributed by atoms with Crippen LogP contribution in [0.4, 0.5) is 0 Å². The molecule has 1 saturated carbocycles. The molecular formula is C23H26O6. The molecule has 6 heteroatoms. The molecule has 1 spiro atoms. The normalized spacial score (nSPS) is 38.9. The van der Waals surface area contributed by atoms with Crippen LogP contribution >= 0.6 is 0 Å². The van der Waals surface area contributed by atoms with Gasteiger partial charge in [-0.25, -0.2) is 0 Å². The van der Waals surface area contributed by atoms with Crippen LogP contribution in [-0.2, 0) is 9.53 Å². The van der Waals surface area contributed by atoms with E-state index in [0.29, 0.717) is 23.3 Å². The fourth-order valence-electron chi connectivity index (χ4n) is 6.04. The van der Waals surface area contributed by atoms with E-state index in [1.165, 1.54) is 6.07 Å². The molecule has 0 aromatic heterocycles. The Morgan fingerprint density at radius 3 is 2.83 bits per heavy atom. The lowest BCUT2D eigenvalue weighted by atomic mass is 9.51. The number of ether oxygens (including phenoxy) is 2. The Labute approximate surface area is 169 Å². The largest absolute Gasteiger partial charge is 0.507 e. The molecule has 4 bridgehead atoms. The summed E-state index contributed by atoms with van der Waals surface area (Å²) in [5.74, 6) is -0.198. The van der Waals surface area contributed by atoms with Crippen molar-refractivity contribution in [2.45, 2.75) is 56.5 Å². The van der Waals surface area contributed by atoms with Gasteiger partial charge in [-0.1, -0.05) is 23.8 Å². The summed E-state index contributed by atoms with van der Waals surface area (Å²) in [5.41, 5.74) is -1.38. The predicted octanol–water partition coefficient (Wildman–Crippen LogP) is 2.58. The Kier molecular flexibility index (Phi) is 3.72. The molecule has 2 fully saturated rings. The van der Waals surface area contributed by atoms with Crippen LogP contribution in [0.25, 0.3) is 0 Å². The molecule has 1 saturated heterocycles. The van der Waals surface area contributed by atoms with Crippen LogP contribution in [0.3, 0.4) is 0 Å². The first-order chi connectivity index (χ1) is 13.7. The number of allylic oxidation sites excluding steroid dienone is 1. The van der Waals surface area contributed by atoms with Crippen LogP contribution in [-0.4, -0.2) is 44.5 Å². The minimum Gasteiger partial charge on any atom is -0.507 e. The Morgan fingerprint density at radius 1 is 1.34 bits per heavy atom. The van der Waals surface area contributed by atoms with Gasteiger partial charge in [-0.3, -0.25) is 4.79 Å². The van der Waals surface area contributed by atoms with E-state index < -0.39 is 22.9 Å². The van der Waals surface area contributed by atoms with E-state index in [9.17, 15) is 20.1 Å². The van der Waals surface area contributed by atoms with E-state index in [1.54, 1.807) is 19.1 Å². The summed E-state index contributed by atoms with van der Waals surface area (Å²) >= 11 is 0. The van der Waals surface area contributed by atoms with Crippen molar-refractivity contribution in [2.75, 3.05) is 6.61 Å². The zero-order valence-corrected chi connectivity index (χ0v) is 16.8. The Balaban J connectivity index is 1.78. The Hall–Kier alpha value is -2.15. The topological polar surface area (TPSA) is 96.2 Å². The molecule has 0 radical (unpaired) electrons. The summed E-state index contributed by atoms with van der Waals surface area (Å²) in [5, 5.41) is 31.1. The molecule has 6 nitrogen and oxygen atoms in total. The van der Waals surface area contributed by atoms with E-state index in [-0.39, 0.29) is 36.4 Å². The number of fused-ring (bicyclic) bond motifs is 1. The number of rotatable bonds is 3. The molecule has 1 aromatic rings. The second kappa shape index (κ2) is 5.72. The van der Waals surface area contributed by atoms with Gasteiger partial charge in [-0.15, -0.1) is 0 Å².